The third kappa shape index (κ3) is 8.48. The molecule has 9 nitrogen and oxygen atoms in total. The van der Waals surface area contributed by atoms with Crippen LogP contribution < -0.4 is 14.4 Å². The Balaban J connectivity index is 1.26. The van der Waals surface area contributed by atoms with Crippen LogP contribution >= 0.6 is 22.7 Å². The summed E-state index contributed by atoms with van der Waals surface area (Å²) in [6.45, 7) is 9.78. The monoisotopic (exact) mass is 892 g/mol. The molecule has 0 saturated carbocycles. The van der Waals surface area contributed by atoms with Crippen molar-refractivity contribution in [1.29, 1.82) is 0 Å². The number of thiophene rings is 2. The first-order chi connectivity index (χ1) is 27.6. The minimum Gasteiger partial charge on any atom is -0.497 e. The van der Waals surface area contributed by atoms with Crippen LogP contribution in [0.25, 0.3) is 32.5 Å². The third-order valence-corrected chi connectivity index (χ3v) is 14.9. The SMILES string of the molecule is [C-]#[N+]C1=C(/C=C/c2cc3sc(/C=C/c4ccc(N(c5ccc(OC)cc5)c5ccc(OC)cc5)cc4)cc3s2)C(C)(C)OC1=C(S(=O)(=O)C(F)(F)F)S(=O)(=O)C(F)(F)F. The van der Waals surface area contributed by atoms with Crippen LogP contribution in [-0.2, 0) is 24.4 Å². The van der Waals surface area contributed by atoms with Crippen molar-refractivity contribution in [2.45, 2.75) is 30.5 Å². The average molecular weight is 893 g/mol. The van der Waals surface area contributed by atoms with Crippen LogP contribution in [0.3, 0.4) is 0 Å². The van der Waals surface area contributed by atoms with Gasteiger partial charge in [0.25, 0.3) is 19.7 Å². The van der Waals surface area contributed by atoms with Crippen molar-refractivity contribution in [3.63, 3.8) is 0 Å². The number of ether oxygens (including phenoxy) is 3. The van der Waals surface area contributed by atoms with E-state index < -0.39 is 52.0 Å². The highest BCUT2D eigenvalue weighted by atomic mass is 32.3. The molecule has 0 saturated heterocycles. The molecule has 3 aromatic carbocycles. The molecule has 0 bridgehead atoms. The van der Waals surface area contributed by atoms with Gasteiger partial charge < -0.3 is 19.1 Å². The van der Waals surface area contributed by atoms with Crippen molar-refractivity contribution in [2.75, 3.05) is 19.1 Å². The van der Waals surface area contributed by atoms with Crippen molar-refractivity contribution in [1.82, 2.24) is 0 Å². The molecule has 0 N–H and O–H groups in total. The van der Waals surface area contributed by atoms with Gasteiger partial charge in [-0.3, -0.25) is 0 Å². The van der Waals surface area contributed by atoms with Crippen LogP contribution in [0.5, 0.6) is 11.5 Å². The van der Waals surface area contributed by atoms with Crippen LogP contribution in [0.1, 0.15) is 29.2 Å². The minimum absolute atomic E-state index is 0.336. The Hall–Kier alpha value is -5.55. The number of fused-ring (bicyclic) bond motifs is 1. The normalized spacial score (nSPS) is 14.9. The second-order valence-corrected chi connectivity index (χ2v) is 19.3. The van der Waals surface area contributed by atoms with Crippen molar-refractivity contribution in [2.24, 2.45) is 0 Å². The number of rotatable bonds is 11. The van der Waals surface area contributed by atoms with Crippen LogP contribution in [0, 0.1) is 6.57 Å². The van der Waals surface area contributed by atoms with E-state index in [0.29, 0.717) is 4.88 Å². The molecule has 0 aliphatic carbocycles. The summed E-state index contributed by atoms with van der Waals surface area (Å²) in [7, 11) is -11.2. The van der Waals surface area contributed by atoms with Crippen LogP contribution in [0.2, 0.25) is 0 Å². The third-order valence-electron chi connectivity index (χ3n) is 8.78. The Kier molecular flexibility index (Phi) is 11.6. The zero-order chi connectivity index (χ0) is 43.1. The zero-order valence-electron chi connectivity index (χ0n) is 31.0. The number of anilines is 3. The lowest BCUT2D eigenvalue weighted by Gasteiger charge is -2.26. The number of hydrogen-bond donors (Lipinski definition) is 0. The molecule has 5 aromatic rings. The van der Waals surface area contributed by atoms with E-state index in [9.17, 15) is 43.2 Å². The molecule has 2 aromatic heterocycles. The molecule has 3 heterocycles. The van der Waals surface area contributed by atoms with E-state index in [0.717, 1.165) is 62.2 Å². The highest BCUT2D eigenvalue weighted by Gasteiger charge is 2.63. The summed E-state index contributed by atoms with van der Waals surface area (Å²) in [5, 5.41) is 0. The van der Waals surface area contributed by atoms with Crippen LogP contribution in [-0.4, -0.2) is 47.7 Å². The number of alkyl halides is 6. The van der Waals surface area contributed by atoms with E-state index in [1.807, 2.05) is 91.0 Å². The van der Waals surface area contributed by atoms with Crippen molar-refractivity contribution < 1.29 is 57.4 Å². The van der Waals surface area contributed by atoms with E-state index in [2.05, 4.69) is 9.74 Å². The van der Waals surface area contributed by atoms with Gasteiger partial charge in [0.2, 0.25) is 9.93 Å². The summed E-state index contributed by atoms with van der Waals surface area (Å²) < 4.78 is 145. The molecule has 1 aliphatic heterocycles. The van der Waals surface area contributed by atoms with E-state index >= 15 is 0 Å². The van der Waals surface area contributed by atoms with Crippen LogP contribution in [0.15, 0.2) is 112 Å². The van der Waals surface area contributed by atoms with Gasteiger partial charge in [-0.1, -0.05) is 24.3 Å². The van der Waals surface area contributed by atoms with Gasteiger partial charge in [0, 0.05) is 41.8 Å². The standard InChI is InChI=1S/C40H30F6N2O7S4/c1-38(2)32(35(47-3)36(55-38)37(58(49,50)39(41,42)43)59(51,52)40(44,45)46)21-20-31-23-34-33(57-31)22-30(56-34)19-8-24-6-9-25(10-7-24)48(26-11-15-28(53-4)16-12-26)27-13-17-29(54-5)18-14-27/h6-23H,1-2,4-5H3/b19-8+,21-20+. The fourth-order valence-electron chi connectivity index (χ4n) is 5.92. The molecule has 0 unspecified atom stereocenters. The van der Waals surface area contributed by atoms with E-state index in [1.165, 1.54) is 34.8 Å². The van der Waals surface area contributed by atoms with Gasteiger partial charge in [-0.15, -0.1) is 22.7 Å². The van der Waals surface area contributed by atoms with Gasteiger partial charge in [0.05, 0.1) is 20.8 Å². The van der Waals surface area contributed by atoms with Gasteiger partial charge in [0.1, 0.15) is 17.1 Å². The summed E-state index contributed by atoms with van der Waals surface area (Å²) in [5.74, 6) is -0.404. The van der Waals surface area contributed by atoms with Gasteiger partial charge >= 0.3 is 11.0 Å². The Bertz CT molecular complexity index is 2670. The number of hydrogen-bond acceptors (Lipinski definition) is 10. The van der Waals surface area contributed by atoms with Gasteiger partial charge in [-0.05, 0) is 104 Å². The highest BCUT2D eigenvalue weighted by molar-refractivity contribution is 8.15. The van der Waals surface area contributed by atoms with E-state index in [4.69, 9.17) is 20.8 Å². The summed E-state index contributed by atoms with van der Waals surface area (Å²) in [6, 6.07) is 27.0. The Morgan fingerprint density at radius 1 is 0.695 bits per heavy atom. The number of benzene rings is 3. The van der Waals surface area contributed by atoms with Crippen molar-refractivity contribution in [3.8, 4) is 11.5 Å². The molecule has 6 rings (SSSR count). The molecule has 0 spiro atoms. The summed E-state index contributed by atoms with van der Waals surface area (Å²) in [5.41, 5.74) is -12.6. The lowest BCUT2D eigenvalue weighted by Crippen LogP contribution is -2.36. The molecule has 0 atom stereocenters. The predicted molar refractivity (Wildman–Crippen MR) is 218 cm³/mol. The second kappa shape index (κ2) is 15.9. The lowest BCUT2D eigenvalue weighted by atomic mass is 9.97. The quantitative estimate of drug-likeness (QED) is 0.0954. The molecule has 59 heavy (non-hydrogen) atoms. The van der Waals surface area contributed by atoms with Crippen molar-refractivity contribution >= 4 is 87.0 Å². The molecule has 1 aliphatic rings. The molecule has 0 radical (unpaired) electrons. The van der Waals surface area contributed by atoms with E-state index in [1.54, 1.807) is 20.3 Å². The number of methoxy groups -OCH3 is 2. The largest absolute Gasteiger partial charge is 0.502 e. The lowest BCUT2D eigenvalue weighted by molar-refractivity contribution is -0.0447. The number of halogens is 6. The fourth-order valence-corrected chi connectivity index (χ4v) is 11.1. The Morgan fingerprint density at radius 2 is 1.10 bits per heavy atom. The first-order valence-electron chi connectivity index (χ1n) is 16.9. The first-order valence-corrected chi connectivity index (χ1v) is 21.5. The maximum absolute atomic E-state index is 13.5. The first kappa shape index (κ1) is 43.0. The Morgan fingerprint density at radius 3 is 1.49 bits per heavy atom. The van der Waals surface area contributed by atoms with Crippen LogP contribution in [0.4, 0.5) is 43.4 Å². The fraction of sp³-hybridized carbons (Fsp3) is 0.175. The Labute approximate surface area is 343 Å². The summed E-state index contributed by atoms with van der Waals surface area (Å²) >= 11 is 2.73. The van der Waals surface area contributed by atoms with Gasteiger partial charge in [-0.2, -0.15) is 26.3 Å². The maximum atomic E-state index is 13.5. The molecule has 0 amide bonds. The predicted octanol–water partition coefficient (Wildman–Crippen LogP) is 11.7. The maximum Gasteiger partial charge on any atom is 0.502 e. The highest BCUT2D eigenvalue weighted by Crippen LogP contribution is 2.48. The molecule has 308 valence electrons. The van der Waals surface area contributed by atoms with Gasteiger partial charge in [0.15, 0.2) is 5.76 Å². The van der Waals surface area contributed by atoms with E-state index in [-0.39, 0.29) is 5.57 Å². The molecule has 19 heteroatoms. The van der Waals surface area contributed by atoms with Gasteiger partial charge in [-0.25, -0.2) is 21.7 Å². The zero-order valence-corrected chi connectivity index (χ0v) is 34.3. The molecular weight excluding hydrogens is 863 g/mol. The number of sulfone groups is 2. The average Bonchev–Trinajstić information content (AvgIpc) is 3.81. The smallest absolute Gasteiger partial charge is 0.497 e. The second-order valence-electron chi connectivity index (χ2n) is 13.0. The van der Waals surface area contributed by atoms with Crippen molar-refractivity contribution in [3.05, 3.63) is 139 Å². The summed E-state index contributed by atoms with van der Waals surface area (Å²) in [6.07, 6.45) is 6.47. The number of nitrogens with zero attached hydrogens (tertiary/aromatic N) is 2. The topological polar surface area (TPSA) is 104 Å². The molecular formula is C40H30F6N2O7S4. The molecule has 0 fully saturated rings. The summed E-state index contributed by atoms with van der Waals surface area (Å²) in [4.78, 5) is 6.49. The minimum atomic E-state index is -7.18.